The highest BCUT2D eigenvalue weighted by Gasteiger charge is 2.23. The number of halogens is 2. The number of nitrogens with zero attached hydrogens (tertiary/aromatic N) is 4. The average Bonchev–Trinajstić information content (AvgIpc) is 3.03. The zero-order valence-corrected chi connectivity index (χ0v) is 16.3. The van der Waals surface area contributed by atoms with E-state index < -0.39 is 5.97 Å². The van der Waals surface area contributed by atoms with Gasteiger partial charge in [0, 0.05) is 16.5 Å². The molecule has 1 aliphatic rings. The lowest BCUT2D eigenvalue weighted by Gasteiger charge is -2.20. The maximum Gasteiger partial charge on any atom is 0.313 e. The number of carbonyl (C=O) groups is 1. The summed E-state index contributed by atoms with van der Waals surface area (Å²) in [6, 6.07) is 5.17. The van der Waals surface area contributed by atoms with E-state index in [1.807, 2.05) is 0 Å². The predicted octanol–water partition coefficient (Wildman–Crippen LogP) is 4.69. The van der Waals surface area contributed by atoms with E-state index in [4.69, 9.17) is 28.3 Å². The van der Waals surface area contributed by atoms with Gasteiger partial charge >= 0.3 is 5.97 Å². The van der Waals surface area contributed by atoms with Crippen LogP contribution in [-0.2, 0) is 4.79 Å². The van der Waals surface area contributed by atoms with Gasteiger partial charge in [-0.05, 0) is 25.0 Å². The molecule has 2 aromatic rings. The monoisotopic (exact) mass is 412 g/mol. The zero-order chi connectivity index (χ0) is 18.5. The standard InChI is InChI=1S/C17H18Cl2N4O2S/c18-13-7-6-12(14(19)8-13)9-20-23-16(11-4-2-1-3-5-11)21-22-17(23)26-10-15(24)25/h6-9,11H,1-5,10H2,(H,24,25)/b20-9-. The molecule has 1 N–H and O–H groups in total. The highest BCUT2D eigenvalue weighted by molar-refractivity contribution is 7.99. The van der Waals surface area contributed by atoms with Gasteiger partial charge in [0.15, 0.2) is 5.82 Å². The molecule has 1 aromatic heterocycles. The summed E-state index contributed by atoms with van der Waals surface area (Å²) < 4.78 is 1.65. The van der Waals surface area contributed by atoms with Crippen LogP contribution in [0.2, 0.25) is 10.0 Å². The van der Waals surface area contributed by atoms with Gasteiger partial charge in [0.1, 0.15) is 0 Å². The molecule has 0 saturated heterocycles. The van der Waals surface area contributed by atoms with Gasteiger partial charge in [-0.25, -0.2) is 0 Å². The summed E-state index contributed by atoms with van der Waals surface area (Å²) in [4.78, 5) is 10.9. The van der Waals surface area contributed by atoms with Gasteiger partial charge in [0.2, 0.25) is 5.16 Å². The van der Waals surface area contributed by atoms with Gasteiger partial charge < -0.3 is 5.11 Å². The van der Waals surface area contributed by atoms with E-state index in [-0.39, 0.29) is 11.7 Å². The largest absolute Gasteiger partial charge is 0.481 e. The molecule has 26 heavy (non-hydrogen) atoms. The Morgan fingerprint density at radius 1 is 1.31 bits per heavy atom. The van der Waals surface area contributed by atoms with Crippen molar-refractivity contribution in [2.24, 2.45) is 5.10 Å². The number of hydrogen-bond acceptors (Lipinski definition) is 5. The van der Waals surface area contributed by atoms with Crippen molar-refractivity contribution >= 4 is 47.1 Å². The molecule has 9 heteroatoms. The van der Waals surface area contributed by atoms with Crippen LogP contribution in [0.3, 0.4) is 0 Å². The summed E-state index contributed by atoms with van der Waals surface area (Å²) in [5, 5.41) is 23.4. The highest BCUT2D eigenvalue weighted by Crippen LogP contribution is 2.33. The van der Waals surface area contributed by atoms with Crippen LogP contribution in [0.1, 0.15) is 49.4 Å². The normalized spacial score (nSPS) is 15.6. The number of aliphatic carboxylic acids is 1. The topological polar surface area (TPSA) is 80.4 Å². The van der Waals surface area contributed by atoms with Crippen molar-refractivity contribution in [2.45, 2.75) is 43.2 Å². The number of aromatic nitrogens is 3. The van der Waals surface area contributed by atoms with E-state index in [0.717, 1.165) is 43.3 Å². The Morgan fingerprint density at radius 2 is 2.08 bits per heavy atom. The first-order valence-corrected chi connectivity index (χ1v) is 10.1. The lowest BCUT2D eigenvalue weighted by molar-refractivity contribution is -0.133. The van der Waals surface area contributed by atoms with Crippen LogP contribution in [0.4, 0.5) is 0 Å². The first kappa shape index (κ1) is 19.2. The summed E-state index contributed by atoms with van der Waals surface area (Å²) in [7, 11) is 0. The number of hydrogen-bond donors (Lipinski definition) is 1. The Hall–Kier alpha value is -1.57. The van der Waals surface area contributed by atoms with E-state index in [1.54, 1.807) is 29.1 Å². The Kier molecular flexibility index (Phi) is 6.56. The first-order valence-electron chi connectivity index (χ1n) is 8.34. The number of rotatable bonds is 6. The summed E-state index contributed by atoms with van der Waals surface area (Å²) in [5.41, 5.74) is 0.716. The van der Waals surface area contributed by atoms with E-state index >= 15 is 0 Å². The van der Waals surface area contributed by atoms with Gasteiger partial charge in [-0.1, -0.05) is 60.3 Å². The van der Waals surface area contributed by atoms with Crippen LogP contribution in [0.15, 0.2) is 28.5 Å². The Balaban J connectivity index is 1.91. The smallest absolute Gasteiger partial charge is 0.313 e. The van der Waals surface area contributed by atoms with Crippen LogP contribution in [-0.4, -0.2) is 37.9 Å². The summed E-state index contributed by atoms with van der Waals surface area (Å²) in [6.45, 7) is 0. The van der Waals surface area contributed by atoms with Crippen molar-refractivity contribution < 1.29 is 9.90 Å². The second-order valence-electron chi connectivity index (χ2n) is 6.08. The summed E-state index contributed by atoms with van der Waals surface area (Å²) in [6.07, 6.45) is 7.25. The quantitative estimate of drug-likeness (QED) is 0.549. The highest BCUT2D eigenvalue weighted by atomic mass is 35.5. The maximum absolute atomic E-state index is 10.9. The number of carboxylic acid groups (broad SMARTS) is 1. The Labute approximate surface area is 165 Å². The fourth-order valence-corrected chi connectivity index (χ4v) is 4.01. The lowest BCUT2D eigenvalue weighted by Crippen LogP contribution is -2.11. The third-order valence-corrected chi connectivity index (χ3v) is 5.67. The average molecular weight is 413 g/mol. The minimum Gasteiger partial charge on any atom is -0.481 e. The van der Waals surface area contributed by atoms with Gasteiger partial charge in [-0.2, -0.15) is 9.78 Å². The Morgan fingerprint density at radius 3 is 2.77 bits per heavy atom. The van der Waals surface area contributed by atoms with Crippen molar-refractivity contribution in [1.29, 1.82) is 0 Å². The minimum absolute atomic E-state index is 0.0972. The lowest BCUT2D eigenvalue weighted by atomic mass is 9.89. The van der Waals surface area contributed by atoms with Crippen molar-refractivity contribution in [3.8, 4) is 0 Å². The summed E-state index contributed by atoms with van der Waals surface area (Å²) in [5.74, 6) is 0.0562. The number of thioether (sulfide) groups is 1. The minimum atomic E-state index is -0.909. The SMILES string of the molecule is O=C(O)CSc1nnc(C2CCCCC2)n1/N=C\c1ccc(Cl)cc1Cl. The second kappa shape index (κ2) is 8.88. The molecule has 0 radical (unpaired) electrons. The molecule has 1 aromatic carbocycles. The molecule has 1 heterocycles. The van der Waals surface area contributed by atoms with E-state index in [9.17, 15) is 4.79 Å². The van der Waals surface area contributed by atoms with Crippen LogP contribution in [0.25, 0.3) is 0 Å². The van der Waals surface area contributed by atoms with Crippen molar-refractivity contribution in [3.63, 3.8) is 0 Å². The number of benzene rings is 1. The van der Waals surface area contributed by atoms with E-state index in [1.165, 1.54) is 6.42 Å². The third kappa shape index (κ3) is 4.78. The van der Waals surface area contributed by atoms with Crippen LogP contribution in [0, 0.1) is 0 Å². The molecule has 6 nitrogen and oxygen atoms in total. The molecule has 0 spiro atoms. The van der Waals surface area contributed by atoms with Crippen LogP contribution in [0.5, 0.6) is 0 Å². The molecule has 1 fully saturated rings. The van der Waals surface area contributed by atoms with Gasteiger partial charge in [0.25, 0.3) is 0 Å². The van der Waals surface area contributed by atoms with Gasteiger partial charge in [-0.15, -0.1) is 10.2 Å². The molecule has 0 atom stereocenters. The molecule has 138 valence electrons. The number of carboxylic acids is 1. The molecule has 0 unspecified atom stereocenters. The third-order valence-electron chi connectivity index (χ3n) is 4.21. The molecular formula is C17H18Cl2N4O2S. The molecule has 3 rings (SSSR count). The Bertz CT molecular complexity index is 819. The molecule has 0 aliphatic heterocycles. The first-order chi connectivity index (χ1) is 12.5. The summed E-state index contributed by atoms with van der Waals surface area (Å²) >= 11 is 13.2. The molecule has 1 aliphatic carbocycles. The predicted molar refractivity (Wildman–Crippen MR) is 104 cm³/mol. The van der Waals surface area contributed by atoms with Crippen molar-refractivity contribution in [2.75, 3.05) is 5.75 Å². The van der Waals surface area contributed by atoms with Gasteiger partial charge in [-0.3, -0.25) is 4.79 Å². The molecule has 1 saturated carbocycles. The molecular weight excluding hydrogens is 395 g/mol. The second-order valence-corrected chi connectivity index (χ2v) is 7.87. The molecule has 0 bridgehead atoms. The van der Waals surface area contributed by atoms with Gasteiger partial charge in [0.05, 0.1) is 17.0 Å². The van der Waals surface area contributed by atoms with Crippen LogP contribution >= 0.6 is 35.0 Å². The van der Waals surface area contributed by atoms with Crippen molar-refractivity contribution in [1.82, 2.24) is 14.9 Å². The van der Waals surface area contributed by atoms with Crippen molar-refractivity contribution in [3.05, 3.63) is 39.6 Å². The van der Waals surface area contributed by atoms with E-state index in [2.05, 4.69) is 15.3 Å². The zero-order valence-electron chi connectivity index (χ0n) is 13.9. The fraction of sp³-hybridized carbons (Fsp3) is 0.412. The van der Waals surface area contributed by atoms with Crippen LogP contribution < -0.4 is 0 Å². The fourth-order valence-electron chi connectivity index (χ4n) is 2.94. The maximum atomic E-state index is 10.9. The van der Waals surface area contributed by atoms with E-state index in [0.29, 0.717) is 20.8 Å². The molecule has 0 amide bonds.